The van der Waals surface area contributed by atoms with Crippen molar-refractivity contribution in [2.75, 3.05) is 20.1 Å². The summed E-state index contributed by atoms with van der Waals surface area (Å²) in [4.78, 5) is 5.65. The minimum Gasteiger partial charge on any atom is -0.300 e. The van der Waals surface area contributed by atoms with Gasteiger partial charge in [-0.3, -0.25) is 4.90 Å². The Morgan fingerprint density at radius 2 is 1.40 bits per heavy atom. The second-order valence-corrected chi connectivity index (χ2v) is 10.4. The molecule has 0 aromatic heterocycles. The number of rotatable bonds is 5. The fraction of sp³-hybridized carbons (Fsp3) is 1.00. The van der Waals surface area contributed by atoms with Crippen molar-refractivity contribution in [3.05, 3.63) is 0 Å². The Morgan fingerprint density at radius 3 is 1.96 bits per heavy atom. The first kappa shape index (κ1) is 18.3. The first-order valence-corrected chi connectivity index (χ1v) is 11.5. The zero-order valence-corrected chi connectivity index (χ0v) is 17.2. The van der Waals surface area contributed by atoms with Crippen LogP contribution in [0, 0.1) is 10.8 Å². The Morgan fingerprint density at radius 1 is 0.800 bits per heavy atom. The van der Waals surface area contributed by atoms with E-state index in [1.165, 1.54) is 96.6 Å². The Labute approximate surface area is 156 Å². The van der Waals surface area contributed by atoms with Crippen molar-refractivity contribution in [2.45, 2.75) is 115 Å². The predicted octanol–water partition coefficient (Wildman–Crippen LogP) is 5.46. The van der Waals surface area contributed by atoms with Crippen LogP contribution < -0.4 is 0 Å². The molecule has 0 N–H and O–H groups in total. The van der Waals surface area contributed by atoms with Gasteiger partial charge < -0.3 is 4.90 Å². The van der Waals surface area contributed by atoms with E-state index in [4.69, 9.17) is 0 Å². The normalized spacial score (nSPS) is 37.8. The maximum atomic E-state index is 2.95. The third kappa shape index (κ3) is 3.43. The molecule has 2 bridgehead atoms. The van der Waals surface area contributed by atoms with Gasteiger partial charge in [0.05, 0.1) is 0 Å². The molecule has 0 radical (unpaired) electrons. The maximum Gasteiger partial charge on any atom is 0.0125 e. The lowest BCUT2D eigenvalue weighted by Gasteiger charge is -2.46. The van der Waals surface area contributed by atoms with Gasteiger partial charge in [-0.15, -0.1) is 0 Å². The van der Waals surface area contributed by atoms with Gasteiger partial charge in [-0.2, -0.15) is 0 Å². The summed E-state index contributed by atoms with van der Waals surface area (Å²) < 4.78 is 0. The molecule has 0 amide bonds. The molecule has 2 nitrogen and oxygen atoms in total. The molecule has 2 heteroatoms. The van der Waals surface area contributed by atoms with Crippen LogP contribution in [-0.2, 0) is 0 Å². The SMILES string of the molecule is CCCC1(CCC)CCC2(CCN(C3C[C@H]4CC[C@@H](C3)N4C)C2)CC1. The lowest BCUT2D eigenvalue weighted by molar-refractivity contribution is 0.0471. The number of piperidine rings is 1. The van der Waals surface area contributed by atoms with Gasteiger partial charge >= 0.3 is 0 Å². The van der Waals surface area contributed by atoms with Crippen LogP contribution in [0.1, 0.15) is 97.3 Å². The highest BCUT2D eigenvalue weighted by Gasteiger charge is 2.48. The Hall–Kier alpha value is -0.0800. The lowest BCUT2D eigenvalue weighted by Crippen LogP contribution is -2.49. The molecule has 4 aliphatic rings. The summed E-state index contributed by atoms with van der Waals surface area (Å²) in [5, 5.41) is 0. The summed E-state index contributed by atoms with van der Waals surface area (Å²) >= 11 is 0. The second-order valence-electron chi connectivity index (χ2n) is 10.4. The van der Waals surface area contributed by atoms with E-state index in [0.29, 0.717) is 5.41 Å². The highest BCUT2D eigenvalue weighted by molar-refractivity contribution is 5.02. The third-order valence-electron chi connectivity index (χ3n) is 8.99. The highest BCUT2D eigenvalue weighted by Crippen LogP contribution is 2.54. The first-order chi connectivity index (χ1) is 12.1. The van der Waals surface area contributed by atoms with E-state index < -0.39 is 0 Å². The predicted molar refractivity (Wildman–Crippen MR) is 107 cm³/mol. The topological polar surface area (TPSA) is 6.48 Å². The molecule has 0 aromatic rings. The van der Waals surface area contributed by atoms with Crippen molar-refractivity contribution in [1.82, 2.24) is 9.80 Å². The van der Waals surface area contributed by atoms with Crippen molar-refractivity contribution in [2.24, 2.45) is 10.8 Å². The van der Waals surface area contributed by atoms with Crippen molar-refractivity contribution < 1.29 is 0 Å². The Balaban J connectivity index is 1.35. The molecule has 1 aliphatic carbocycles. The highest BCUT2D eigenvalue weighted by atomic mass is 15.3. The lowest BCUT2D eigenvalue weighted by atomic mass is 9.60. The first-order valence-electron chi connectivity index (χ1n) is 11.5. The van der Waals surface area contributed by atoms with E-state index in [1.807, 2.05) is 0 Å². The van der Waals surface area contributed by atoms with E-state index >= 15 is 0 Å². The molecule has 0 aromatic carbocycles. The van der Waals surface area contributed by atoms with Crippen LogP contribution in [0.2, 0.25) is 0 Å². The fourth-order valence-corrected chi connectivity index (χ4v) is 7.37. The Bertz CT molecular complexity index is 429. The van der Waals surface area contributed by atoms with Gasteiger partial charge in [0.25, 0.3) is 0 Å². The Kier molecular flexibility index (Phi) is 5.23. The zero-order chi connectivity index (χ0) is 17.5. The van der Waals surface area contributed by atoms with Crippen molar-refractivity contribution in [1.29, 1.82) is 0 Å². The number of hydrogen-bond acceptors (Lipinski definition) is 2. The molecule has 3 atom stereocenters. The third-order valence-corrected chi connectivity index (χ3v) is 8.99. The van der Waals surface area contributed by atoms with Crippen molar-refractivity contribution in [3.8, 4) is 0 Å². The zero-order valence-electron chi connectivity index (χ0n) is 17.2. The van der Waals surface area contributed by atoms with Crippen LogP contribution >= 0.6 is 0 Å². The van der Waals surface area contributed by atoms with Gasteiger partial charge in [0.15, 0.2) is 0 Å². The number of likely N-dealkylation sites (tertiary alicyclic amines) is 1. The summed E-state index contributed by atoms with van der Waals surface area (Å²) in [5.41, 5.74) is 1.42. The molecule has 3 saturated heterocycles. The molecular weight excluding hydrogens is 304 g/mol. The average Bonchev–Trinajstić information content (AvgIpc) is 3.08. The van der Waals surface area contributed by atoms with Crippen LogP contribution in [0.4, 0.5) is 0 Å². The van der Waals surface area contributed by atoms with Gasteiger partial charge in [-0.05, 0) is 95.1 Å². The molecule has 3 heterocycles. The molecule has 4 rings (SSSR count). The molecule has 25 heavy (non-hydrogen) atoms. The van der Waals surface area contributed by atoms with E-state index in [2.05, 4.69) is 30.7 Å². The molecule has 1 saturated carbocycles. The van der Waals surface area contributed by atoms with Crippen LogP contribution in [0.15, 0.2) is 0 Å². The van der Waals surface area contributed by atoms with Crippen molar-refractivity contribution >= 4 is 0 Å². The van der Waals surface area contributed by atoms with E-state index in [-0.39, 0.29) is 0 Å². The summed E-state index contributed by atoms with van der Waals surface area (Å²) in [5.74, 6) is 0. The molecule has 3 aliphatic heterocycles. The number of fused-ring (bicyclic) bond motifs is 2. The summed E-state index contributed by atoms with van der Waals surface area (Å²) in [6.45, 7) is 7.64. The van der Waals surface area contributed by atoms with Gasteiger partial charge in [-0.25, -0.2) is 0 Å². The summed E-state index contributed by atoms with van der Waals surface area (Å²) in [6, 6.07) is 2.70. The monoisotopic (exact) mass is 346 g/mol. The minimum absolute atomic E-state index is 0.702. The van der Waals surface area contributed by atoms with E-state index in [9.17, 15) is 0 Å². The van der Waals surface area contributed by atoms with E-state index in [1.54, 1.807) is 0 Å². The van der Waals surface area contributed by atoms with Crippen LogP contribution in [-0.4, -0.2) is 48.1 Å². The summed E-state index contributed by atoms with van der Waals surface area (Å²) in [6.07, 6.45) is 19.2. The quantitative estimate of drug-likeness (QED) is 0.652. The molecule has 1 unspecified atom stereocenters. The van der Waals surface area contributed by atoms with E-state index in [0.717, 1.165) is 23.5 Å². The standard InChI is InChI=1S/C23H42N2/c1-4-8-22(9-5-2)10-12-23(13-11-22)14-15-25(18-23)21-16-19-6-7-20(17-21)24(19)3/h19-21H,4-18H2,1-3H3/t19-,20+,21?. The van der Waals surface area contributed by atoms with Crippen LogP contribution in [0.5, 0.6) is 0 Å². The summed E-state index contributed by atoms with van der Waals surface area (Å²) in [7, 11) is 2.38. The molecule has 144 valence electrons. The maximum absolute atomic E-state index is 2.95. The van der Waals surface area contributed by atoms with Crippen LogP contribution in [0.3, 0.4) is 0 Å². The molecule has 1 spiro atoms. The number of hydrogen-bond donors (Lipinski definition) is 0. The largest absolute Gasteiger partial charge is 0.300 e. The second kappa shape index (κ2) is 7.15. The molecule has 4 fully saturated rings. The number of nitrogens with zero attached hydrogens (tertiary/aromatic N) is 2. The minimum atomic E-state index is 0.702. The van der Waals surface area contributed by atoms with Gasteiger partial charge in [0.1, 0.15) is 0 Å². The van der Waals surface area contributed by atoms with Gasteiger partial charge in [0, 0.05) is 24.7 Å². The average molecular weight is 347 g/mol. The van der Waals surface area contributed by atoms with Crippen LogP contribution in [0.25, 0.3) is 0 Å². The smallest absolute Gasteiger partial charge is 0.0125 e. The van der Waals surface area contributed by atoms with Gasteiger partial charge in [-0.1, -0.05) is 26.7 Å². The van der Waals surface area contributed by atoms with Crippen molar-refractivity contribution in [3.63, 3.8) is 0 Å². The van der Waals surface area contributed by atoms with Gasteiger partial charge in [0.2, 0.25) is 0 Å². The fourth-order valence-electron chi connectivity index (χ4n) is 7.37. The molecular formula is C23H42N2.